The number of nitrogens with two attached hydrogens (primary N) is 1. The molecular weight excluding hydrogens is 276 g/mol. The Balaban J connectivity index is 1.89. The summed E-state index contributed by atoms with van der Waals surface area (Å²) in [5, 5.41) is 5.98. The van der Waals surface area contributed by atoms with Gasteiger partial charge in [-0.1, -0.05) is 56.2 Å². The van der Waals surface area contributed by atoms with E-state index in [1.54, 1.807) is 0 Å². The molecule has 0 spiro atoms. The lowest BCUT2D eigenvalue weighted by atomic mass is 9.97. The van der Waals surface area contributed by atoms with Gasteiger partial charge in [-0.2, -0.15) is 0 Å². The molecule has 0 saturated heterocycles. The maximum atomic E-state index is 5.83. The number of thiocarbonyl (C=S) groups is 1. The van der Waals surface area contributed by atoms with Crippen LogP contribution in [0.15, 0.2) is 36.4 Å². The van der Waals surface area contributed by atoms with E-state index in [4.69, 9.17) is 18.0 Å². The van der Waals surface area contributed by atoms with Gasteiger partial charge < -0.3 is 11.1 Å². The van der Waals surface area contributed by atoms with Crippen LogP contribution in [0.3, 0.4) is 0 Å². The fraction of sp³-hybridized carbons (Fsp3) is 0.389. The fourth-order valence-corrected chi connectivity index (χ4v) is 3.61. The van der Waals surface area contributed by atoms with Crippen molar-refractivity contribution in [3.8, 4) is 0 Å². The summed E-state index contributed by atoms with van der Waals surface area (Å²) >= 11 is 5.16. The molecule has 2 nitrogen and oxygen atoms in total. The van der Waals surface area contributed by atoms with Gasteiger partial charge in [0.25, 0.3) is 0 Å². The smallest absolute Gasteiger partial charge is 0.104 e. The van der Waals surface area contributed by atoms with E-state index in [-0.39, 0.29) is 0 Å². The van der Waals surface area contributed by atoms with Crippen LogP contribution in [0.2, 0.25) is 0 Å². The second-order valence-electron chi connectivity index (χ2n) is 6.12. The van der Waals surface area contributed by atoms with Gasteiger partial charge in [-0.15, -0.1) is 0 Å². The van der Waals surface area contributed by atoms with E-state index in [0.717, 1.165) is 29.3 Å². The van der Waals surface area contributed by atoms with E-state index >= 15 is 0 Å². The number of hydrogen-bond acceptors (Lipinski definition) is 2. The van der Waals surface area contributed by atoms with Crippen molar-refractivity contribution in [3.05, 3.63) is 42.0 Å². The van der Waals surface area contributed by atoms with Crippen molar-refractivity contribution in [2.75, 3.05) is 11.9 Å². The summed E-state index contributed by atoms with van der Waals surface area (Å²) in [6.07, 6.45) is 4.08. The third kappa shape index (κ3) is 2.88. The number of rotatable bonds is 4. The molecule has 0 aromatic heterocycles. The first kappa shape index (κ1) is 14.3. The van der Waals surface area contributed by atoms with E-state index in [1.165, 1.54) is 30.3 Å². The van der Waals surface area contributed by atoms with Gasteiger partial charge in [-0.05, 0) is 35.8 Å². The highest BCUT2D eigenvalue weighted by Crippen LogP contribution is 2.32. The molecule has 1 aliphatic rings. The molecule has 2 aromatic carbocycles. The van der Waals surface area contributed by atoms with Crippen LogP contribution in [0.1, 0.15) is 31.7 Å². The van der Waals surface area contributed by atoms with Crippen LogP contribution in [0, 0.1) is 11.8 Å². The highest BCUT2D eigenvalue weighted by Gasteiger charge is 2.23. The maximum Gasteiger partial charge on any atom is 0.104 e. The number of hydrogen-bond donors (Lipinski definition) is 2. The molecule has 3 rings (SSSR count). The molecule has 2 aromatic rings. The lowest BCUT2D eigenvalue weighted by molar-refractivity contribution is 0.440. The third-order valence-electron chi connectivity index (χ3n) is 4.78. The number of benzene rings is 2. The van der Waals surface area contributed by atoms with E-state index in [0.29, 0.717) is 4.99 Å². The van der Waals surface area contributed by atoms with Gasteiger partial charge in [-0.3, -0.25) is 0 Å². The first-order valence-electron chi connectivity index (χ1n) is 7.72. The SMILES string of the molecule is CC1CCCC1CNc1ccc(C(N)=S)c2ccccc12. The molecule has 2 atom stereocenters. The summed E-state index contributed by atoms with van der Waals surface area (Å²) < 4.78 is 0. The van der Waals surface area contributed by atoms with Crippen LogP contribution in [0.5, 0.6) is 0 Å². The van der Waals surface area contributed by atoms with E-state index in [9.17, 15) is 0 Å². The van der Waals surface area contributed by atoms with Crippen LogP contribution >= 0.6 is 12.2 Å². The van der Waals surface area contributed by atoms with Crippen molar-refractivity contribution in [3.63, 3.8) is 0 Å². The summed E-state index contributed by atoms with van der Waals surface area (Å²) in [4.78, 5) is 0.460. The van der Waals surface area contributed by atoms with Crippen molar-refractivity contribution < 1.29 is 0 Å². The highest BCUT2D eigenvalue weighted by atomic mass is 32.1. The van der Waals surface area contributed by atoms with E-state index in [1.807, 2.05) is 12.1 Å². The van der Waals surface area contributed by atoms with Gasteiger partial charge in [0.15, 0.2) is 0 Å². The quantitative estimate of drug-likeness (QED) is 0.825. The Morgan fingerprint density at radius 1 is 1.19 bits per heavy atom. The van der Waals surface area contributed by atoms with Crippen molar-refractivity contribution in [2.45, 2.75) is 26.2 Å². The molecule has 3 N–H and O–H groups in total. The monoisotopic (exact) mass is 298 g/mol. The lowest BCUT2D eigenvalue weighted by Crippen LogP contribution is -2.17. The molecule has 0 aliphatic heterocycles. The molecule has 0 radical (unpaired) electrons. The molecule has 0 heterocycles. The molecule has 21 heavy (non-hydrogen) atoms. The van der Waals surface area contributed by atoms with Crippen LogP contribution in [-0.4, -0.2) is 11.5 Å². The fourth-order valence-electron chi connectivity index (χ4n) is 3.43. The van der Waals surface area contributed by atoms with Crippen molar-refractivity contribution >= 4 is 33.7 Å². The Kier molecular flexibility index (Phi) is 4.11. The minimum absolute atomic E-state index is 0.460. The predicted molar refractivity (Wildman–Crippen MR) is 94.8 cm³/mol. The Bertz CT molecular complexity index is 665. The standard InChI is InChI=1S/C18H22N2S/c1-12-5-4-6-13(12)11-20-17-10-9-16(18(19)21)14-7-2-3-8-15(14)17/h2-3,7-10,12-13,20H,4-6,11H2,1H3,(H2,19,21). The minimum atomic E-state index is 0.460. The molecule has 1 fully saturated rings. The molecule has 1 saturated carbocycles. The lowest BCUT2D eigenvalue weighted by Gasteiger charge is -2.18. The molecular formula is C18H22N2S. The maximum absolute atomic E-state index is 5.83. The van der Waals surface area contributed by atoms with E-state index < -0.39 is 0 Å². The Labute approximate surface area is 131 Å². The second kappa shape index (κ2) is 6.02. The first-order chi connectivity index (χ1) is 10.2. The number of anilines is 1. The third-order valence-corrected chi connectivity index (χ3v) is 5.00. The van der Waals surface area contributed by atoms with Crippen molar-refractivity contribution in [1.82, 2.24) is 0 Å². The van der Waals surface area contributed by atoms with Crippen molar-refractivity contribution in [1.29, 1.82) is 0 Å². The predicted octanol–water partition coefficient (Wildman–Crippen LogP) is 4.32. The molecule has 2 unspecified atom stereocenters. The number of nitrogens with one attached hydrogen (secondary N) is 1. The second-order valence-corrected chi connectivity index (χ2v) is 6.56. The first-order valence-corrected chi connectivity index (χ1v) is 8.13. The topological polar surface area (TPSA) is 38.0 Å². The summed E-state index contributed by atoms with van der Waals surface area (Å²) in [5.41, 5.74) is 7.98. The summed E-state index contributed by atoms with van der Waals surface area (Å²) in [6.45, 7) is 3.42. The summed E-state index contributed by atoms with van der Waals surface area (Å²) in [7, 11) is 0. The largest absolute Gasteiger partial charge is 0.389 e. The zero-order valence-electron chi connectivity index (χ0n) is 12.4. The molecule has 3 heteroatoms. The van der Waals surface area contributed by atoms with Gasteiger partial charge >= 0.3 is 0 Å². The minimum Gasteiger partial charge on any atom is -0.389 e. The van der Waals surface area contributed by atoms with Gasteiger partial charge in [-0.25, -0.2) is 0 Å². The van der Waals surface area contributed by atoms with E-state index in [2.05, 4.69) is 36.5 Å². The molecule has 1 aliphatic carbocycles. The molecule has 0 amide bonds. The number of fused-ring (bicyclic) bond motifs is 1. The zero-order chi connectivity index (χ0) is 14.8. The van der Waals surface area contributed by atoms with Gasteiger partial charge in [0, 0.05) is 23.2 Å². The highest BCUT2D eigenvalue weighted by molar-refractivity contribution is 7.80. The summed E-state index contributed by atoms with van der Waals surface area (Å²) in [6, 6.07) is 12.5. The average molecular weight is 298 g/mol. The molecule has 110 valence electrons. The molecule has 0 bridgehead atoms. The van der Waals surface area contributed by atoms with Crippen LogP contribution < -0.4 is 11.1 Å². The van der Waals surface area contributed by atoms with Gasteiger partial charge in [0.1, 0.15) is 4.99 Å². The zero-order valence-corrected chi connectivity index (χ0v) is 13.2. The Morgan fingerprint density at radius 2 is 1.95 bits per heavy atom. The Morgan fingerprint density at radius 3 is 2.62 bits per heavy atom. The average Bonchev–Trinajstić information content (AvgIpc) is 2.89. The van der Waals surface area contributed by atoms with Crippen LogP contribution in [-0.2, 0) is 0 Å². The Hall–Kier alpha value is -1.61. The van der Waals surface area contributed by atoms with Gasteiger partial charge in [0.05, 0.1) is 0 Å². The van der Waals surface area contributed by atoms with Gasteiger partial charge in [0.2, 0.25) is 0 Å². The normalized spacial score (nSPS) is 21.6. The summed E-state index contributed by atoms with van der Waals surface area (Å²) in [5.74, 6) is 1.62. The van der Waals surface area contributed by atoms with Crippen molar-refractivity contribution in [2.24, 2.45) is 17.6 Å². The van der Waals surface area contributed by atoms with Crippen LogP contribution in [0.4, 0.5) is 5.69 Å². The van der Waals surface area contributed by atoms with Crippen LogP contribution in [0.25, 0.3) is 10.8 Å².